The number of methoxy groups -OCH3 is 2. The fraction of sp³-hybridized carbons (Fsp3) is 0.650. The lowest BCUT2D eigenvalue weighted by molar-refractivity contribution is -0.244. The smallest absolute Gasteiger partial charge is 0.438 e. The Morgan fingerprint density at radius 1 is 1.03 bits per heavy atom. The number of carbonyl (C=O) groups excluding carboxylic acids is 4. The van der Waals surface area contributed by atoms with Gasteiger partial charge in [-0.15, -0.1) is 0 Å². The Bertz CT molecular complexity index is 2310. The molecule has 4 amide bonds. The first kappa shape index (κ1) is 48.5. The molecule has 2 aliphatic heterocycles. The number of nitrogens with zero attached hydrogens (tertiary/aromatic N) is 3. The number of fused-ring (bicyclic) bond motifs is 3. The number of hydrogen-bond acceptors (Lipinski definition) is 12. The number of amides is 4. The van der Waals surface area contributed by atoms with E-state index in [1.54, 1.807) is 19.1 Å². The van der Waals surface area contributed by atoms with E-state index >= 15 is 0 Å². The van der Waals surface area contributed by atoms with E-state index in [1.165, 1.54) is 14.0 Å². The van der Waals surface area contributed by atoms with E-state index in [0.29, 0.717) is 32.8 Å². The first-order valence-corrected chi connectivity index (χ1v) is 21.8. The summed E-state index contributed by atoms with van der Waals surface area (Å²) in [4.78, 5) is 65.0. The normalized spacial score (nSPS) is 28.1. The largest absolute Gasteiger partial charge is 0.494 e. The third-order valence-electron chi connectivity index (χ3n) is 12.2. The predicted octanol–water partition coefficient (Wildman–Crippen LogP) is 5.09. The lowest BCUT2D eigenvalue weighted by Crippen LogP contribution is -2.60. The monoisotopic (exact) mass is 938 g/mol. The third-order valence-corrected chi connectivity index (χ3v) is 14.4. The van der Waals surface area contributed by atoms with Crippen molar-refractivity contribution in [1.82, 2.24) is 30.2 Å². The Hall–Kier alpha value is -5.00. The van der Waals surface area contributed by atoms with Gasteiger partial charge in [0.05, 0.1) is 36.0 Å². The van der Waals surface area contributed by atoms with Gasteiger partial charge in [-0.25, -0.2) is 27.6 Å². The Kier molecular flexibility index (Phi) is 13.2. The number of ether oxygens (including phenoxy) is 4. The summed E-state index contributed by atoms with van der Waals surface area (Å²) in [5.74, 6) is -7.78. The molecule has 6 rings (SSSR count). The highest BCUT2D eigenvalue weighted by molar-refractivity contribution is 7.91. The van der Waals surface area contributed by atoms with E-state index < -0.39 is 128 Å². The van der Waals surface area contributed by atoms with Crippen LogP contribution in [0.3, 0.4) is 0 Å². The molecular weight excluding hydrogens is 890 g/mol. The lowest BCUT2D eigenvalue weighted by atomic mass is 9.87. The van der Waals surface area contributed by atoms with E-state index in [-0.39, 0.29) is 49.5 Å². The number of alkyl carbamates (subject to hydrolysis) is 1. The van der Waals surface area contributed by atoms with Crippen molar-refractivity contribution in [2.45, 2.75) is 119 Å². The maximum Gasteiger partial charge on any atom is 0.438 e. The van der Waals surface area contributed by atoms with E-state index in [1.807, 2.05) is 0 Å². The Labute approximate surface area is 363 Å². The summed E-state index contributed by atoms with van der Waals surface area (Å²) in [5, 5.41) is 4.82. The van der Waals surface area contributed by atoms with Gasteiger partial charge in [0.1, 0.15) is 23.7 Å². The number of rotatable bonds is 10. The number of halogens is 7. The zero-order chi connectivity index (χ0) is 47.4. The minimum Gasteiger partial charge on any atom is -0.494 e. The van der Waals surface area contributed by atoms with Crippen LogP contribution in [-0.4, -0.2) is 115 Å². The first-order valence-electron chi connectivity index (χ1n) is 20.4. The minimum absolute atomic E-state index is 0.0734. The third kappa shape index (κ3) is 9.96. The van der Waals surface area contributed by atoms with Gasteiger partial charge in [-0.1, -0.05) is 19.1 Å². The molecule has 2 aliphatic carbocycles. The molecular formula is C40H49F7N6O10S. The fourth-order valence-electron chi connectivity index (χ4n) is 7.86. The molecule has 354 valence electrons. The second kappa shape index (κ2) is 17.4. The molecule has 64 heavy (non-hydrogen) atoms. The summed E-state index contributed by atoms with van der Waals surface area (Å²) in [5.41, 5.74) is -7.41. The SMILES string of the molecule is COC[C@@H]1C[C@@H](C)CC/C=C\C2C[C@@]2(C(=O)NS(=O)(=O)C2(C)CC2)NC(=O)[C@@H]2C[C@@H](Oc3nc4cc(OC)c(F)cc4nc3C(F)(F)F)CN2C(=O)[C@H]1NC(=O)OC(C)(C)C(F)(F)F. The summed E-state index contributed by atoms with van der Waals surface area (Å²) in [7, 11) is -1.84. The van der Waals surface area contributed by atoms with Crippen LogP contribution in [0.15, 0.2) is 24.3 Å². The van der Waals surface area contributed by atoms with Gasteiger partial charge in [0.25, 0.3) is 5.91 Å². The van der Waals surface area contributed by atoms with Crippen molar-refractivity contribution in [1.29, 1.82) is 0 Å². The summed E-state index contributed by atoms with van der Waals surface area (Å²) in [6.45, 7) is 3.46. The van der Waals surface area contributed by atoms with Crippen molar-refractivity contribution in [3.63, 3.8) is 0 Å². The Morgan fingerprint density at radius 2 is 1.70 bits per heavy atom. The molecule has 1 saturated heterocycles. The standard InChI is InChI=1S/C40H49F7N6O10S/c1-20-9-7-8-10-22-17-38(22,34(56)52-64(58,59)37(4)11-12-37)51-31(54)27-14-23(62-32-30(39(42,43)44)48-25-15-24(41)28(61-6)16-26(25)49-32)18-53(27)33(55)29(21(13-20)19-60-5)50-35(57)63-36(2,3)40(45,46)47/h8,10,15-16,20-23,27,29H,7,9,11-14,17-19H2,1-6H3,(H,50,57)(H,51,54)(H,52,56)/b10-8-/t20-,21-,22?,23+,27-,29-,38+/m0/s1. The number of benzene rings is 1. The van der Waals surface area contributed by atoms with E-state index in [0.717, 1.165) is 18.1 Å². The molecule has 3 N–H and O–H groups in total. The molecule has 3 fully saturated rings. The van der Waals surface area contributed by atoms with Crippen molar-refractivity contribution in [2.24, 2.45) is 17.8 Å². The zero-order valence-corrected chi connectivity index (χ0v) is 36.4. The molecule has 4 aliphatic rings. The topological polar surface area (TPSA) is 204 Å². The second-order valence-corrected chi connectivity index (χ2v) is 19.8. The van der Waals surface area contributed by atoms with Crippen LogP contribution in [0.25, 0.3) is 11.0 Å². The van der Waals surface area contributed by atoms with E-state index in [9.17, 15) is 58.3 Å². The maximum absolute atomic E-state index is 14.9. The quantitative estimate of drug-likeness (QED) is 0.211. The number of aromatic nitrogens is 2. The fourth-order valence-corrected chi connectivity index (χ4v) is 9.17. The Morgan fingerprint density at radius 3 is 2.31 bits per heavy atom. The van der Waals surface area contributed by atoms with Gasteiger partial charge in [0.2, 0.25) is 39.0 Å². The minimum atomic E-state index is -5.24. The van der Waals surface area contributed by atoms with Crippen molar-refractivity contribution >= 4 is 44.9 Å². The van der Waals surface area contributed by atoms with Crippen LogP contribution in [0.2, 0.25) is 0 Å². The first-order chi connectivity index (χ1) is 29.6. The molecule has 3 heterocycles. The van der Waals surface area contributed by atoms with Crippen LogP contribution in [0.4, 0.5) is 35.5 Å². The summed E-state index contributed by atoms with van der Waals surface area (Å²) in [6.07, 6.45) is -9.25. The maximum atomic E-state index is 14.9. The number of alkyl halides is 6. The highest BCUT2D eigenvalue weighted by atomic mass is 32.2. The van der Waals surface area contributed by atoms with Crippen LogP contribution in [-0.2, 0) is 40.1 Å². The average molecular weight is 939 g/mol. The van der Waals surface area contributed by atoms with Crippen LogP contribution in [0, 0.1) is 23.6 Å². The highest BCUT2D eigenvalue weighted by Crippen LogP contribution is 2.48. The number of hydrogen-bond donors (Lipinski definition) is 3. The highest BCUT2D eigenvalue weighted by Gasteiger charge is 2.63. The number of nitrogens with one attached hydrogen (secondary N) is 3. The summed E-state index contributed by atoms with van der Waals surface area (Å²) in [6, 6.07) is -1.86. The molecule has 0 spiro atoms. The van der Waals surface area contributed by atoms with Crippen LogP contribution < -0.4 is 24.8 Å². The van der Waals surface area contributed by atoms with Crippen molar-refractivity contribution < 1.29 is 77.3 Å². The molecule has 0 bridgehead atoms. The van der Waals surface area contributed by atoms with E-state index in [2.05, 4.69) is 25.3 Å². The summed E-state index contributed by atoms with van der Waals surface area (Å²) < 4.78 is 148. The number of sulfonamides is 1. The van der Waals surface area contributed by atoms with Gasteiger partial charge >= 0.3 is 18.4 Å². The molecule has 7 atom stereocenters. The lowest BCUT2D eigenvalue weighted by Gasteiger charge is -2.35. The van der Waals surface area contributed by atoms with Crippen LogP contribution in [0.5, 0.6) is 11.6 Å². The van der Waals surface area contributed by atoms with Crippen LogP contribution in [0.1, 0.15) is 78.3 Å². The molecule has 16 nitrogen and oxygen atoms in total. The second-order valence-electron chi connectivity index (χ2n) is 17.6. The molecule has 2 saturated carbocycles. The molecule has 1 aromatic heterocycles. The number of allylic oxidation sites excluding steroid dienone is 1. The molecule has 1 aromatic carbocycles. The molecule has 24 heteroatoms. The van der Waals surface area contributed by atoms with Crippen molar-refractivity contribution in [2.75, 3.05) is 27.4 Å². The zero-order valence-electron chi connectivity index (χ0n) is 35.6. The molecule has 0 radical (unpaired) electrons. The predicted molar refractivity (Wildman–Crippen MR) is 210 cm³/mol. The molecule has 1 unspecified atom stereocenters. The van der Waals surface area contributed by atoms with Crippen molar-refractivity contribution in [3.05, 3.63) is 35.8 Å². The van der Waals surface area contributed by atoms with Crippen molar-refractivity contribution in [3.8, 4) is 11.6 Å². The Balaban J connectivity index is 1.42. The molecule has 2 aromatic rings. The average Bonchev–Trinajstić information content (AvgIpc) is 4.06. The van der Waals surface area contributed by atoms with E-state index in [4.69, 9.17) is 18.9 Å². The number of carbonyl (C=O) groups is 4. The van der Waals surface area contributed by atoms with Gasteiger partial charge in [-0.05, 0) is 65.2 Å². The van der Waals surface area contributed by atoms with Gasteiger partial charge in [0, 0.05) is 37.5 Å². The van der Waals surface area contributed by atoms with Gasteiger partial charge in [-0.2, -0.15) is 26.3 Å². The van der Waals surface area contributed by atoms with Crippen LogP contribution >= 0.6 is 0 Å². The van der Waals surface area contributed by atoms with Gasteiger partial charge in [0.15, 0.2) is 11.6 Å². The van der Waals surface area contributed by atoms with Gasteiger partial charge < -0.3 is 34.5 Å². The van der Waals surface area contributed by atoms with Gasteiger partial charge in [-0.3, -0.25) is 19.1 Å². The summed E-state index contributed by atoms with van der Waals surface area (Å²) >= 11 is 0.